The predicted octanol–water partition coefficient (Wildman–Crippen LogP) is 2.45. The van der Waals surface area contributed by atoms with E-state index in [0.717, 1.165) is 17.7 Å². The second kappa shape index (κ2) is 6.37. The van der Waals surface area contributed by atoms with Gasteiger partial charge in [-0.05, 0) is 49.6 Å². The van der Waals surface area contributed by atoms with Gasteiger partial charge in [0.1, 0.15) is 0 Å². The fourth-order valence-corrected chi connectivity index (χ4v) is 5.42. The number of nitrogen functional groups attached to an aromatic ring is 1. The van der Waals surface area contributed by atoms with E-state index in [4.69, 9.17) is 5.73 Å². The largest absolute Gasteiger partial charge is 0.398 e. The number of benzene rings is 1. The molecule has 0 bridgehead atoms. The van der Waals surface area contributed by atoms with E-state index in [2.05, 4.69) is 4.72 Å². The van der Waals surface area contributed by atoms with Crippen LogP contribution in [0.25, 0.3) is 0 Å². The van der Waals surface area contributed by atoms with Crippen LogP contribution in [0.1, 0.15) is 30.4 Å². The average molecular weight is 314 g/mol. The molecule has 1 atom stereocenters. The molecule has 0 spiro atoms. The van der Waals surface area contributed by atoms with E-state index in [-0.39, 0.29) is 0 Å². The number of hydrogen-bond donors (Lipinski definition) is 2. The normalized spacial score (nSPS) is 20.0. The lowest BCUT2D eigenvalue weighted by Crippen LogP contribution is -2.32. The van der Waals surface area contributed by atoms with Crippen LogP contribution in [0.5, 0.6) is 0 Å². The fraction of sp³-hybridized carbons (Fsp3) is 0.571. The first-order valence-corrected chi connectivity index (χ1v) is 9.42. The minimum absolute atomic E-state index is 0.332. The Hall–Kier alpha value is -0.720. The molecule has 1 aromatic carbocycles. The van der Waals surface area contributed by atoms with Gasteiger partial charge < -0.3 is 5.73 Å². The topological polar surface area (TPSA) is 72.2 Å². The van der Waals surface area contributed by atoms with E-state index in [1.807, 2.05) is 11.8 Å². The molecule has 6 heteroatoms. The summed E-state index contributed by atoms with van der Waals surface area (Å²) in [6.07, 6.45) is 3.51. The van der Waals surface area contributed by atoms with Crippen LogP contribution in [0, 0.1) is 13.8 Å². The highest BCUT2D eigenvalue weighted by Crippen LogP contribution is 2.27. The summed E-state index contributed by atoms with van der Waals surface area (Å²) in [5.41, 5.74) is 7.72. The Morgan fingerprint density at radius 3 is 2.75 bits per heavy atom. The summed E-state index contributed by atoms with van der Waals surface area (Å²) in [7, 11) is -3.49. The van der Waals surface area contributed by atoms with E-state index in [1.54, 1.807) is 26.0 Å². The molecule has 112 valence electrons. The van der Waals surface area contributed by atoms with E-state index >= 15 is 0 Å². The maximum atomic E-state index is 12.5. The van der Waals surface area contributed by atoms with Gasteiger partial charge in [-0.25, -0.2) is 13.1 Å². The monoisotopic (exact) mass is 314 g/mol. The van der Waals surface area contributed by atoms with Crippen LogP contribution >= 0.6 is 11.8 Å². The first kappa shape index (κ1) is 15.7. The third kappa shape index (κ3) is 3.48. The van der Waals surface area contributed by atoms with Crippen molar-refractivity contribution in [2.75, 3.05) is 18.0 Å². The summed E-state index contributed by atoms with van der Waals surface area (Å²) >= 11 is 1.86. The lowest BCUT2D eigenvalue weighted by molar-refractivity contribution is 0.572. The molecule has 0 amide bonds. The van der Waals surface area contributed by atoms with Crippen molar-refractivity contribution in [2.45, 2.75) is 43.3 Å². The maximum absolute atomic E-state index is 12.5. The predicted molar refractivity (Wildman–Crippen MR) is 85.6 cm³/mol. The summed E-state index contributed by atoms with van der Waals surface area (Å²) in [5, 5.41) is 0.389. The molecule has 1 fully saturated rings. The summed E-state index contributed by atoms with van der Waals surface area (Å²) < 4.78 is 27.7. The van der Waals surface area contributed by atoms with E-state index < -0.39 is 10.0 Å². The van der Waals surface area contributed by atoms with Gasteiger partial charge in [-0.3, -0.25) is 0 Å². The van der Waals surface area contributed by atoms with Crippen molar-refractivity contribution in [1.29, 1.82) is 0 Å². The number of hydrogen-bond acceptors (Lipinski definition) is 4. The highest BCUT2D eigenvalue weighted by molar-refractivity contribution is 8.00. The van der Waals surface area contributed by atoms with Crippen molar-refractivity contribution >= 4 is 27.5 Å². The molecule has 0 radical (unpaired) electrons. The van der Waals surface area contributed by atoms with Crippen molar-refractivity contribution in [3.8, 4) is 0 Å². The molecule has 0 aliphatic carbocycles. The lowest BCUT2D eigenvalue weighted by Gasteiger charge is -2.22. The molecule has 2 rings (SSSR count). The molecule has 1 saturated heterocycles. The number of rotatable bonds is 4. The van der Waals surface area contributed by atoms with Crippen molar-refractivity contribution in [3.05, 3.63) is 23.3 Å². The van der Waals surface area contributed by atoms with Crippen LogP contribution in [0.15, 0.2) is 17.0 Å². The Morgan fingerprint density at radius 1 is 1.35 bits per heavy atom. The Morgan fingerprint density at radius 2 is 2.10 bits per heavy atom. The molecule has 1 aliphatic rings. The first-order valence-electron chi connectivity index (χ1n) is 6.89. The SMILES string of the molecule is Cc1ccc(N)c(C)c1S(=O)(=O)NCC1CCCCS1. The van der Waals surface area contributed by atoms with Crippen molar-refractivity contribution in [2.24, 2.45) is 0 Å². The maximum Gasteiger partial charge on any atom is 0.241 e. The summed E-state index contributed by atoms with van der Waals surface area (Å²) in [5.74, 6) is 1.13. The average Bonchev–Trinajstić information content (AvgIpc) is 2.42. The molecule has 1 unspecified atom stereocenters. The van der Waals surface area contributed by atoms with Gasteiger partial charge in [0.05, 0.1) is 4.90 Å². The highest BCUT2D eigenvalue weighted by Gasteiger charge is 2.23. The number of anilines is 1. The molecular weight excluding hydrogens is 292 g/mol. The molecule has 0 saturated carbocycles. The zero-order chi connectivity index (χ0) is 14.8. The second-order valence-electron chi connectivity index (χ2n) is 5.27. The minimum atomic E-state index is -3.49. The minimum Gasteiger partial charge on any atom is -0.398 e. The first-order chi connectivity index (χ1) is 9.42. The molecule has 4 nitrogen and oxygen atoms in total. The zero-order valence-electron chi connectivity index (χ0n) is 12.0. The van der Waals surface area contributed by atoms with E-state index in [0.29, 0.717) is 27.9 Å². The van der Waals surface area contributed by atoms with Crippen LogP contribution in [0.3, 0.4) is 0 Å². The van der Waals surface area contributed by atoms with Crippen LogP contribution in [-0.4, -0.2) is 26.0 Å². The molecule has 1 aromatic rings. The fourth-order valence-electron chi connectivity index (χ4n) is 2.50. The Bertz CT molecular complexity index is 579. The molecular formula is C14H22N2O2S2. The number of thioether (sulfide) groups is 1. The summed E-state index contributed by atoms with van der Waals surface area (Å²) in [6.45, 7) is 4.06. The van der Waals surface area contributed by atoms with E-state index in [9.17, 15) is 8.42 Å². The summed E-state index contributed by atoms with van der Waals surface area (Å²) in [4.78, 5) is 0.332. The van der Waals surface area contributed by atoms with Crippen LogP contribution in [0.2, 0.25) is 0 Å². The summed E-state index contributed by atoms with van der Waals surface area (Å²) in [6, 6.07) is 3.51. The smallest absolute Gasteiger partial charge is 0.241 e. The number of aryl methyl sites for hydroxylation is 1. The molecule has 0 aromatic heterocycles. The third-order valence-corrected chi connectivity index (χ3v) is 6.80. The van der Waals surface area contributed by atoms with Gasteiger partial charge in [0.15, 0.2) is 0 Å². The number of sulfonamides is 1. The van der Waals surface area contributed by atoms with Gasteiger partial charge in [0.25, 0.3) is 0 Å². The second-order valence-corrected chi connectivity index (χ2v) is 8.38. The van der Waals surface area contributed by atoms with Crippen LogP contribution in [-0.2, 0) is 10.0 Å². The zero-order valence-corrected chi connectivity index (χ0v) is 13.6. The number of nitrogens with two attached hydrogens (primary N) is 1. The van der Waals surface area contributed by atoms with E-state index in [1.165, 1.54) is 12.8 Å². The standard InChI is InChI=1S/C14H22N2O2S2/c1-10-6-7-13(15)11(2)14(10)20(17,18)16-9-12-5-3-4-8-19-12/h6-7,12,16H,3-5,8-9,15H2,1-2H3. The Labute approximate surface area is 125 Å². The van der Waals surface area contributed by atoms with Gasteiger partial charge in [-0.15, -0.1) is 0 Å². The van der Waals surface area contributed by atoms with Crippen LogP contribution in [0.4, 0.5) is 5.69 Å². The van der Waals surface area contributed by atoms with Crippen LogP contribution < -0.4 is 10.5 Å². The molecule has 1 heterocycles. The quantitative estimate of drug-likeness (QED) is 0.837. The Kier molecular flexibility index (Phi) is 4.99. The lowest BCUT2D eigenvalue weighted by atomic mass is 10.1. The van der Waals surface area contributed by atoms with Crippen molar-refractivity contribution < 1.29 is 8.42 Å². The Balaban J connectivity index is 2.16. The van der Waals surface area contributed by atoms with Crippen molar-refractivity contribution in [1.82, 2.24) is 4.72 Å². The number of nitrogens with one attached hydrogen (secondary N) is 1. The highest BCUT2D eigenvalue weighted by atomic mass is 32.2. The third-order valence-electron chi connectivity index (χ3n) is 3.69. The van der Waals surface area contributed by atoms with Crippen molar-refractivity contribution in [3.63, 3.8) is 0 Å². The van der Waals surface area contributed by atoms with Gasteiger partial charge in [-0.1, -0.05) is 12.5 Å². The van der Waals surface area contributed by atoms with Gasteiger partial charge in [0, 0.05) is 17.5 Å². The molecule has 3 N–H and O–H groups in total. The van der Waals surface area contributed by atoms with Gasteiger partial charge in [-0.2, -0.15) is 11.8 Å². The molecule has 1 aliphatic heterocycles. The van der Waals surface area contributed by atoms with Gasteiger partial charge in [0.2, 0.25) is 10.0 Å². The van der Waals surface area contributed by atoms with Gasteiger partial charge >= 0.3 is 0 Å². The molecule has 20 heavy (non-hydrogen) atoms.